The fourth-order valence-electron chi connectivity index (χ4n) is 3.00. The van der Waals surface area contributed by atoms with E-state index in [4.69, 9.17) is 0 Å². The van der Waals surface area contributed by atoms with E-state index in [2.05, 4.69) is 35.2 Å². The molecule has 0 unspecified atom stereocenters. The number of anilines is 2. The van der Waals surface area contributed by atoms with Crippen LogP contribution in [0.3, 0.4) is 0 Å². The lowest BCUT2D eigenvalue weighted by atomic mass is 10.0. The fraction of sp³-hybridized carbons (Fsp3) is 0.158. The van der Waals surface area contributed by atoms with E-state index >= 15 is 0 Å². The zero-order valence-electron chi connectivity index (χ0n) is 15.7. The minimum atomic E-state index is -0.295. The maximum absolute atomic E-state index is 11.6. The van der Waals surface area contributed by atoms with Crippen molar-refractivity contribution in [2.75, 3.05) is 17.2 Å². The smallest absolute Gasteiger partial charge is 0.221 e. The summed E-state index contributed by atoms with van der Waals surface area (Å²) in [6.45, 7) is 4.05. The minimum Gasteiger partial charge on any atom is -0.505 e. The average Bonchev–Trinajstić information content (AvgIpc) is 3.12. The average molecular weight is 407 g/mol. The van der Waals surface area contributed by atoms with Crippen LogP contribution in [0.1, 0.15) is 13.8 Å². The molecule has 0 atom stereocenters. The number of azo groups is 1. The first kappa shape index (κ1) is 18.7. The van der Waals surface area contributed by atoms with Gasteiger partial charge < -0.3 is 15.7 Å². The van der Waals surface area contributed by atoms with E-state index in [0.717, 1.165) is 5.69 Å². The second-order valence-corrected chi connectivity index (χ2v) is 6.93. The summed E-state index contributed by atoms with van der Waals surface area (Å²) < 4.78 is 4.24. The first-order valence-electron chi connectivity index (χ1n) is 8.85. The number of aromatic hydroxyl groups is 1. The van der Waals surface area contributed by atoms with Crippen LogP contribution in [0.5, 0.6) is 5.75 Å². The van der Waals surface area contributed by atoms with Crippen molar-refractivity contribution in [1.29, 1.82) is 0 Å². The fourth-order valence-corrected chi connectivity index (χ4v) is 3.64. The van der Waals surface area contributed by atoms with Gasteiger partial charge >= 0.3 is 0 Å². The Balaban J connectivity index is 1.91. The van der Waals surface area contributed by atoms with Gasteiger partial charge in [-0.2, -0.15) is 4.37 Å². The highest BCUT2D eigenvalue weighted by atomic mass is 32.1. The van der Waals surface area contributed by atoms with E-state index in [0.29, 0.717) is 39.0 Å². The van der Waals surface area contributed by atoms with Crippen molar-refractivity contribution in [2.45, 2.75) is 13.8 Å². The Morgan fingerprint density at radius 1 is 1.24 bits per heavy atom. The lowest BCUT2D eigenvalue weighted by Crippen LogP contribution is -2.06. The molecule has 29 heavy (non-hydrogen) atoms. The van der Waals surface area contributed by atoms with Gasteiger partial charge in [0, 0.05) is 36.1 Å². The predicted molar refractivity (Wildman–Crippen MR) is 113 cm³/mol. The highest BCUT2D eigenvalue weighted by Gasteiger charge is 2.16. The summed E-state index contributed by atoms with van der Waals surface area (Å²) in [5, 5.41) is 27.9. The van der Waals surface area contributed by atoms with Crippen LogP contribution in [0.15, 0.2) is 47.0 Å². The number of carbonyl (C=O) groups excluding carboxylic acids is 1. The Labute approximate surface area is 169 Å². The van der Waals surface area contributed by atoms with E-state index in [9.17, 15) is 9.90 Å². The zero-order valence-corrected chi connectivity index (χ0v) is 16.5. The third-order valence-electron chi connectivity index (χ3n) is 4.18. The number of amides is 1. The van der Waals surface area contributed by atoms with Crippen molar-refractivity contribution in [3.8, 4) is 5.75 Å². The Morgan fingerprint density at radius 2 is 2.10 bits per heavy atom. The number of hydrogen-bond donors (Lipinski definition) is 3. The lowest BCUT2D eigenvalue weighted by molar-refractivity contribution is -0.114. The molecule has 2 aromatic heterocycles. The van der Waals surface area contributed by atoms with Gasteiger partial charge in [-0.15, -0.1) is 10.2 Å². The first-order chi connectivity index (χ1) is 14.1. The van der Waals surface area contributed by atoms with Crippen molar-refractivity contribution in [3.05, 3.63) is 36.8 Å². The number of phenolic OH excluding ortho intramolecular Hbond substituents is 1. The molecule has 0 aliphatic rings. The number of nitrogens with one attached hydrogen (secondary N) is 2. The van der Waals surface area contributed by atoms with Crippen LogP contribution >= 0.6 is 11.5 Å². The Hall–Kier alpha value is -3.66. The number of aromatic nitrogens is 3. The van der Waals surface area contributed by atoms with E-state index in [1.165, 1.54) is 24.8 Å². The molecular weight excluding hydrogens is 390 g/mol. The number of benzene rings is 2. The summed E-state index contributed by atoms with van der Waals surface area (Å²) in [6.07, 6.45) is 3.07. The van der Waals surface area contributed by atoms with Crippen molar-refractivity contribution in [2.24, 2.45) is 10.2 Å². The van der Waals surface area contributed by atoms with Crippen LogP contribution in [-0.4, -0.2) is 31.9 Å². The summed E-state index contributed by atoms with van der Waals surface area (Å²) in [4.78, 5) is 19.7. The van der Waals surface area contributed by atoms with E-state index < -0.39 is 0 Å². The summed E-state index contributed by atoms with van der Waals surface area (Å²) in [5.41, 5.74) is 2.13. The molecule has 0 fully saturated rings. The summed E-state index contributed by atoms with van der Waals surface area (Å²) in [6, 6.07) is 7.10. The lowest BCUT2D eigenvalue weighted by Gasteiger charge is -2.14. The van der Waals surface area contributed by atoms with Gasteiger partial charge in [0.25, 0.3) is 0 Å². The molecule has 4 aromatic rings. The normalized spacial score (nSPS) is 11.4. The quantitative estimate of drug-likeness (QED) is 0.324. The van der Waals surface area contributed by atoms with Gasteiger partial charge in [0.2, 0.25) is 5.91 Å². The number of phenols is 1. The maximum Gasteiger partial charge on any atom is 0.221 e. The molecule has 3 N–H and O–H groups in total. The van der Waals surface area contributed by atoms with Crippen molar-refractivity contribution < 1.29 is 9.90 Å². The van der Waals surface area contributed by atoms with Crippen LogP contribution in [-0.2, 0) is 4.79 Å². The largest absolute Gasteiger partial charge is 0.505 e. The molecule has 1 amide bonds. The third kappa shape index (κ3) is 3.57. The SMILES string of the molecule is CCNc1cccc2c(O)c(NC(C)=O)cc(/N=N/c3snc4ncncc34)c12. The monoisotopic (exact) mass is 407 g/mol. The van der Waals surface area contributed by atoms with Gasteiger partial charge in [-0.3, -0.25) is 4.79 Å². The van der Waals surface area contributed by atoms with Gasteiger partial charge in [-0.1, -0.05) is 12.1 Å². The van der Waals surface area contributed by atoms with Crippen molar-refractivity contribution in [3.63, 3.8) is 0 Å². The van der Waals surface area contributed by atoms with Gasteiger partial charge in [0.15, 0.2) is 10.6 Å². The summed E-state index contributed by atoms with van der Waals surface area (Å²) >= 11 is 1.17. The van der Waals surface area contributed by atoms with Crippen LogP contribution in [0, 0.1) is 0 Å². The second kappa shape index (κ2) is 7.76. The predicted octanol–water partition coefficient (Wildman–Crippen LogP) is 4.75. The zero-order chi connectivity index (χ0) is 20.4. The second-order valence-electron chi connectivity index (χ2n) is 6.18. The number of hydrogen-bond acceptors (Lipinski definition) is 9. The molecule has 0 saturated heterocycles. The highest BCUT2D eigenvalue weighted by molar-refractivity contribution is 7.11. The molecule has 0 spiro atoms. The molecule has 0 bridgehead atoms. The molecule has 9 nitrogen and oxygen atoms in total. The Bertz CT molecular complexity index is 1250. The van der Waals surface area contributed by atoms with E-state index in [-0.39, 0.29) is 17.3 Å². The maximum atomic E-state index is 11.6. The van der Waals surface area contributed by atoms with Crippen LogP contribution < -0.4 is 10.6 Å². The molecule has 0 aliphatic carbocycles. The Morgan fingerprint density at radius 3 is 2.90 bits per heavy atom. The summed E-state index contributed by atoms with van der Waals surface area (Å²) in [7, 11) is 0. The van der Waals surface area contributed by atoms with Crippen LogP contribution in [0.2, 0.25) is 0 Å². The molecule has 4 rings (SSSR count). The van der Waals surface area contributed by atoms with Gasteiger partial charge in [-0.05, 0) is 30.6 Å². The van der Waals surface area contributed by atoms with Gasteiger partial charge in [-0.25, -0.2) is 9.97 Å². The van der Waals surface area contributed by atoms with E-state index in [1.54, 1.807) is 18.3 Å². The first-order valence-corrected chi connectivity index (χ1v) is 9.63. The number of fused-ring (bicyclic) bond motifs is 2. The topological polar surface area (TPSA) is 125 Å². The molecule has 0 aliphatic heterocycles. The number of rotatable bonds is 5. The highest BCUT2D eigenvalue weighted by Crippen LogP contribution is 2.43. The van der Waals surface area contributed by atoms with Crippen LogP contribution in [0.25, 0.3) is 21.8 Å². The molecule has 10 heteroatoms. The minimum absolute atomic E-state index is 0.0226. The molecule has 146 valence electrons. The molecule has 0 radical (unpaired) electrons. The molecule has 0 saturated carbocycles. The van der Waals surface area contributed by atoms with Crippen LogP contribution in [0.4, 0.5) is 22.1 Å². The third-order valence-corrected chi connectivity index (χ3v) is 4.92. The number of nitrogens with zero attached hydrogens (tertiary/aromatic N) is 5. The van der Waals surface area contributed by atoms with Crippen molar-refractivity contribution in [1.82, 2.24) is 14.3 Å². The van der Waals surface area contributed by atoms with E-state index in [1.807, 2.05) is 19.1 Å². The van der Waals surface area contributed by atoms with Crippen molar-refractivity contribution >= 4 is 61.3 Å². The van der Waals surface area contributed by atoms with Gasteiger partial charge in [0.1, 0.15) is 12.1 Å². The standard InChI is InChI=1S/C19H17N7O2S/c1-3-21-13-6-4-5-11-16(13)14(7-15(17(11)28)23-10(2)27)24-25-19-12-8-20-9-22-18(12)26-29-19/h4-9,21,28H,3H2,1-2H3,(H,23,27)/b25-24+. The Kier molecular flexibility index (Phi) is 5.00. The molecular formula is C19H17N7O2S. The number of carbonyl (C=O) groups is 1. The molecule has 2 heterocycles. The van der Waals surface area contributed by atoms with Gasteiger partial charge in [0.05, 0.1) is 16.8 Å². The molecule has 2 aromatic carbocycles. The summed E-state index contributed by atoms with van der Waals surface area (Å²) in [5.74, 6) is -0.318.